The molecule has 0 radical (unpaired) electrons. The Morgan fingerprint density at radius 3 is 2.89 bits per heavy atom. The van der Waals surface area contributed by atoms with Crippen molar-refractivity contribution in [1.29, 1.82) is 0 Å². The van der Waals surface area contributed by atoms with Crippen LogP contribution in [0.5, 0.6) is 0 Å². The zero-order valence-electron chi connectivity index (χ0n) is 10.3. The molecule has 0 aliphatic carbocycles. The highest BCUT2D eigenvalue weighted by Gasteiger charge is 2.08. The van der Waals surface area contributed by atoms with Gasteiger partial charge >= 0.3 is 0 Å². The number of benzene rings is 1. The second-order valence-corrected chi connectivity index (χ2v) is 4.71. The number of nitrogens with zero attached hydrogens (tertiary/aromatic N) is 2. The summed E-state index contributed by atoms with van der Waals surface area (Å²) in [6, 6.07) is 4.88. The van der Waals surface area contributed by atoms with Crippen LogP contribution in [-0.4, -0.2) is 9.78 Å². The molecule has 0 saturated carbocycles. The van der Waals surface area contributed by atoms with Gasteiger partial charge in [0.2, 0.25) is 0 Å². The van der Waals surface area contributed by atoms with Crippen molar-refractivity contribution < 1.29 is 4.39 Å². The molecule has 96 valence electrons. The molecule has 1 heterocycles. The third kappa shape index (κ3) is 3.09. The molecule has 5 heteroatoms. The second-order valence-electron chi connectivity index (χ2n) is 4.30. The van der Waals surface area contributed by atoms with Gasteiger partial charge in [-0.25, -0.2) is 4.39 Å². The van der Waals surface area contributed by atoms with Gasteiger partial charge in [-0.1, -0.05) is 17.7 Å². The molecule has 0 aliphatic heterocycles. The SMILES string of the molecule is CC(NCc1cnn(C)c1)c1ccc(F)c(Cl)c1. The van der Waals surface area contributed by atoms with E-state index >= 15 is 0 Å². The monoisotopic (exact) mass is 267 g/mol. The van der Waals surface area contributed by atoms with E-state index in [4.69, 9.17) is 11.6 Å². The van der Waals surface area contributed by atoms with Crippen LogP contribution in [0, 0.1) is 5.82 Å². The first kappa shape index (κ1) is 13.1. The molecule has 2 aromatic rings. The molecular formula is C13H15ClFN3. The maximum Gasteiger partial charge on any atom is 0.141 e. The zero-order chi connectivity index (χ0) is 13.1. The average Bonchev–Trinajstić information content (AvgIpc) is 2.75. The van der Waals surface area contributed by atoms with E-state index in [9.17, 15) is 4.39 Å². The van der Waals surface area contributed by atoms with Crippen LogP contribution in [0.15, 0.2) is 30.6 Å². The maximum atomic E-state index is 13.1. The summed E-state index contributed by atoms with van der Waals surface area (Å²) in [5.74, 6) is -0.389. The normalized spacial score (nSPS) is 12.7. The number of nitrogens with one attached hydrogen (secondary N) is 1. The fraction of sp³-hybridized carbons (Fsp3) is 0.308. The first-order valence-electron chi connectivity index (χ1n) is 5.72. The first-order chi connectivity index (χ1) is 8.56. The van der Waals surface area contributed by atoms with Crippen LogP contribution in [0.1, 0.15) is 24.1 Å². The van der Waals surface area contributed by atoms with Gasteiger partial charge in [0.15, 0.2) is 0 Å². The number of hydrogen-bond donors (Lipinski definition) is 1. The lowest BCUT2D eigenvalue weighted by atomic mass is 10.1. The fourth-order valence-electron chi connectivity index (χ4n) is 1.73. The maximum absolute atomic E-state index is 13.1. The van der Waals surface area contributed by atoms with Crippen LogP contribution in [0.2, 0.25) is 5.02 Å². The van der Waals surface area contributed by atoms with E-state index < -0.39 is 0 Å². The summed E-state index contributed by atoms with van der Waals surface area (Å²) in [6.45, 7) is 2.73. The Balaban J connectivity index is 1.99. The lowest BCUT2D eigenvalue weighted by Gasteiger charge is -2.14. The minimum absolute atomic E-state index is 0.100. The van der Waals surface area contributed by atoms with E-state index in [0.717, 1.165) is 11.1 Å². The fourth-order valence-corrected chi connectivity index (χ4v) is 1.92. The largest absolute Gasteiger partial charge is 0.306 e. The number of aryl methyl sites for hydroxylation is 1. The molecule has 0 bridgehead atoms. The summed E-state index contributed by atoms with van der Waals surface area (Å²) >= 11 is 5.76. The van der Waals surface area contributed by atoms with Crippen LogP contribution >= 0.6 is 11.6 Å². The van der Waals surface area contributed by atoms with Crippen molar-refractivity contribution in [2.24, 2.45) is 7.05 Å². The summed E-state index contributed by atoms with van der Waals surface area (Å²) in [4.78, 5) is 0. The van der Waals surface area contributed by atoms with E-state index in [0.29, 0.717) is 6.54 Å². The number of hydrogen-bond acceptors (Lipinski definition) is 2. The van der Waals surface area contributed by atoms with Crippen molar-refractivity contribution in [3.63, 3.8) is 0 Å². The molecule has 3 nitrogen and oxygen atoms in total. The standard InChI is InChI=1S/C13H15ClFN3/c1-9(11-3-4-13(15)12(14)5-11)16-6-10-7-17-18(2)8-10/h3-5,7-9,16H,6H2,1-2H3. The Labute approximate surface area is 111 Å². The second kappa shape index (κ2) is 5.50. The van der Waals surface area contributed by atoms with E-state index in [2.05, 4.69) is 10.4 Å². The Kier molecular flexibility index (Phi) is 3.99. The molecular weight excluding hydrogens is 253 g/mol. The summed E-state index contributed by atoms with van der Waals surface area (Å²) in [5.41, 5.74) is 2.07. The summed E-state index contributed by atoms with van der Waals surface area (Å²) in [5, 5.41) is 7.59. The molecule has 0 spiro atoms. The molecule has 18 heavy (non-hydrogen) atoms. The van der Waals surface area contributed by atoms with Gasteiger partial charge in [-0.05, 0) is 24.6 Å². The molecule has 0 aliphatic rings. The van der Waals surface area contributed by atoms with Gasteiger partial charge in [-0.3, -0.25) is 4.68 Å². The van der Waals surface area contributed by atoms with Crippen LogP contribution < -0.4 is 5.32 Å². The van der Waals surface area contributed by atoms with Gasteiger partial charge in [0.25, 0.3) is 0 Å². The van der Waals surface area contributed by atoms with Crippen LogP contribution in [0.4, 0.5) is 4.39 Å². The Morgan fingerprint density at radius 1 is 1.50 bits per heavy atom. The van der Waals surface area contributed by atoms with Gasteiger partial charge in [-0.2, -0.15) is 5.10 Å². The lowest BCUT2D eigenvalue weighted by molar-refractivity contribution is 0.571. The summed E-state index contributed by atoms with van der Waals surface area (Å²) in [7, 11) is 1.88. The molecule has 0 amide bonds. The Morgan fingerprint density at radius 2 is 2.28 bits per heavy atom. The van der Waals surface area contributed by atoms with E-state index in [1.165, 1.54) is 6.07 Å². The topological polar surface area (TPSA) is 29.9 Å². The molecule has 1 atom stereocenters. The van der Waals surface area contributed by atoms with E-state index in [-0.39, 0.29) is 16.9 Å². The molecule has 1 aromatic heterocycles. The predicted molar refractivity (Wildman–Crippen MR) is 69.9 cm³/mol. The smallest absolute Gasteiger partial charge is 0.141 e. The van der Waals surface area contributed by atoms with Crippen molar-refractivity contribution in [1.82, 2.24) is 15.1 Å². The quantitative estimate of drug-likeness (QED) is 0.923. The molecule has 1 unspecified atom stereocenters. The van der Waals surface area contributed by atoms with E-state index in [1.807, 2.05) is 26.4 Å². The number of halogens is 2. The van der Waals surface area contributed by atoms with Crippen LogP contribution in [-0.2, 0) is 13.6 Å². The van der Waals surface area contributed by atoms with Crippen molar-refractivity contribution >= 4 is 11.6 Å². The molecule has 0 saturated heterocycles. The van der Waals surface area contributed by atoms with Crippen molar-refractivity contribution in [2.45, 2.75) is 19.5 Å². The number of aromatic nitrogens is 2. The summed E-state index contributed by atoms with van der Waals surface area (Å²) in [6.07, 6.45) is 3.77. The highest BCUT2D eigenvalue weighted by Crippen LogP contribution is 2.20. The minimum Gasteiger partial charge on any atom is -0.306 e. The first-order valence-corrected chi connectivity index (χ1v) is 6.10. The molecule has 1 N–H and O–H groups in total. The van der Waals surface area contributed by atoms with Crippen molar-refractivity contribution in [3.8, 4) is 0 Å². The Bertz CT molecular complexity index is 539. The average molecular weight is 268 g/mol. The lowest BCUT2D eigenvalue weighted by Crippen LogP contribution is -2.17. The predicted octanol–water partition coefficient (Wildman–Crippen LogP) is 3.06. The molecule has 1 aromatic carbocycles. The van der Waals surface area contributed by atoms with Gasteiger partial charge < -0.3 is 5.32 Å². The van der Waals surface area contributed by atoms with Crippen molar-refractivity contribution in [2.75, 3.05) is 0 Å². The van der Waals surface area contributed by atoms with Gasteiger partial charge in [0.05, 0.1) is 11.2 Å². The van der Waals surface area contributed by atoms with Crippen LogP contribution in [0.3, 0.4) is 0 Å². The highest BCUT2D eigenvalue weighted by atomic mass is 35.5. The van der Waals surface area contributed by atoms with Crippen molar-refractivity contribution in [3.05, 3.63) is 52.6 Å². The zero-order valence-corrected chi connectivity index (χ0v) is 11.1. The minimum atomic E-state index is -0.389. The van der Waals surface area contributed by atoms with Gasteiger partial charge in [-0.15, -0.1) is 0 Å². The van der Waals surface area contributed by atoms with E-state index in [1.54, 1.807) is 16.8 Å². The third-order valence-electron chi connectivity index (χ3n) is 2.81. The summed E-state index contributed by atoms with van der Waals surface area (Å²) < 4.78 is 14.8. The third-order valence-corrected chi connectivity index (χ3v) is 3.10. The van der Waals surface area contributed by atoms with Gasteiger partial charge in [0, 0.05) is 31.4 Å². The van der Waals surface area contributed by atoms with Gasteiger partial charge in [0.1, 0.15) is 5.82 Å². The highest BCUT2D eigenvalue weighted by molar-refractivity contribution is 6.30. The molecule has 0 fully saturated rings. The Hall–Kier alpha value is -1.39. The number of rotatable bonds is 4. The molecule has 2 rings (SSSR count). The van der Waals surface area contributed by atoms with Crippen LogP contribution in [0.25, 0.3) is 0 Å².